The Morgan fingerprint density at radius 3 is 3.00 bits per heavy atom. The Kier molecular flexibility index (Phi) is 5.05. The standard InChI is InChI=1S/C10H18N2S/c1-2-3-4-10(12-11)7-9-5-6-13-8-9/h5-6,8,10,12H,2-4,7,11H2,1H3. The largest absolute Gasteiger partial charge is 0.271 e. The van der Waals surface area contributed by atoms with E-state index in [0.717, 1.165) is 6.42 Å². The number of hydrogen-bond donors (Lipinski definition) is 2. The molecular formula is C10H18N2S. The van der Waals surface area contributed by atoms with Crippen molar-refractivity contribution in [3.8, 4) is 0 Å². The van der Waals surface area contributed by atoms with Gasteiger partial charge in [-0.1, -0.05) is 19.8 Å². The third-order valence-electron chi connectivity index (χ3n) is 2.20. The second-order valence-electron chi connectivity index (χ2n) is 3.34. The molecule has 13 heavy (non-hydrogen) atoms. The molecule has 1 atom stereocenters. The summed E-state index contributed by atoms with van der Waals surface area (Å²) in [5, 5.41) is 4.30. The summed E-state index contributed by atoms with van der Waals surface area (Å²) in [4.78, 5) is 0. The van der Waals surface area contributed by atoms with Crippen LogP contribution in [0, 0.1) is 0 Å². The molecule has 74 valence electrons. The fourth-order valence-electron chi connectivity index (χ4n) is 1.39. The van der Waals surface area contributed by atoms with Crippen LogP contribution in [0.1, 0.15) is 31.7 Å². The lowest BCUT2D eigenvalue weighted by molar-refractivity contribution is 0.474. The fraction of sp³-hybridized carbons (Fsp3) is 0.600. The van der Waals surface area contributed by atoms with E-state index >= 15 is 0 Å². The second kappa shape index (κ2) is 6.13. The Balaban J connectivity index is 2.31. The average molecular weight is 198 g/mol. The monoisotopic (exact) mass is 198 g/mol. The SMILES string of the molecule is CCCCC(Cc1ccsc1)NN. The van der Waals surface area contributed by atoms with Crippen LogP contribution in [0.3, 0.4) is 0 Å². The lowest BCUT2D eigenvalue weighted by atomic mass is 10.0. The van der Waals surface area contributed by atoms with Gasteiger partial charge in [-0.15, -0.1) is 0 Å². The summed E-state index contributed by atoms with van der Waals surface area (Å²) in [7, 11) is 0. The summed E-state index contributed by atoms with van der Waals surface area (Å²) < 4.78 is 0. The molecule has 3 N–H and O–H groups in total. The van der Waals surface area contributed by atoms with Gasteiger partial charge in [-0.25, -0.2) is 0 Å². The Labute approximate surface area is 84.1 Å². The summed E-state index contributed by atoms with van der Waals surface area (Å²) in [5.74, 6) is 5.48. The Hall–Kier alpha value is -0.380. The van der Waals surface area contributed by atoms with E-state index in [1.54, 1.807) is 11.3 Å². The third kappa shape index (κ3) is 3.89. The number of thiophene rings is 1. The zero-order valence-electron chi connectivity index (χ0n) is 8.12. The van der Waals surface area contributed by atoms with Gasteiger partial charge in [-0.2, -0.15) is 11.3 Å². The molecule has 0 spiro atoms. The highest BCUT2D eigenvalue weighted by Gasteiger charge is 2.06. The average Bonchev–Trinajstić information content (AvgIpc) is 2.64. The van der Waals surface area contributed by atoms with Crippen LogP contribution < -0.4 is 11.3 Å². The summed E-state index contributed by atoms with van der Waals surface area (Å²) in [6, 6.07) is 2.61. The Bertz CT molecular complexity index is 209. The van der Waals surface area contributed by atoms with E-state index in [9.17, 15) is 0 Å². The van der Waals surface area contributed by atoms with E-state index in [4.69, 9.17) is 5.84 Å². The molecule has 0 saturated heterocycles. The first kappa shape index (κ1) is 10.7. The molecule has 0 fully saturated rings. The molecule has 1 unspecified atom stereocenters. The molecule has 2 nitrogen and oxygen atoms in total. The maximum atomic E-state index is 5.48. The summed E-state index contributed by atoms with van der Waals surface area (Å²) in [5.41, 5.74) is 4.27. The van der Waals surface area contributed by atoms with E-state index in [1.807, 2.05) is 0 Å². The molecule has 1 rings (SSSR count). The number of hydrogen-bond acceptors (Lipinski definition) is 3. The predicted molar refractivity (Wildman–Crippen MR) is 58.7 cm³/mol. The minimum Gasteiger partial charge on any atom is -0.271 e. The fourth-order valence-corrected chi connectivity index (χ4v) is 2.07. The zero-order chi connectivity index (χ0) is 9.52. The number of unbranched alkanes of at least 4 members (excludes halogenated alkanes) is 1. The van der Waals surface area contributed by atoms with Crippen LogP contribution in [0.25, 0.3) is 0 Å². The molecule has 0 amide bonds. The first-order chi connectivity index (χ1) is 6.36. The van der Waals surface area contributed by atoms with Gasteiger partial charge < -0.3 is 0 Å². The van der Waals surface area contributed by atoms with E-state index in [2.05, 4.69) is 29.2 Å². The minimum absolute atomic E-state index is 0.439. The summed E-state index contributed by atoms with van der Waals surface area (Å²) in [6.07, 6.45) is 4.71. The maximum absolute atomic E-state index is 5.48. The van der Waals surface area contributed by atoms with E-state index in [0.29, 0.717) is 6.04 Å². The highest BCUT2D eigenvalue weighted by atomic mass is 32.1. The van der Waals surface area contributed by atoms with Gasteiger partial charge in [0, 0.05) is 6.04 Å². The molecule has 0 radical (unpaired) electrons. The van der Waals surface area contributed by atoms with Crippen molar-refractivity contribution in [3.05, 3.63) is 22.4 Å². The quantitative estimate of drug-likeness (QED) is 0.544. The topological polar surface area (TPSA) is 38.0 Å². The van der Waals surface area contributed by atoms with Crippen LogP contribution in [-0.4, -0.2) is 6.04 Å². The van der Waals surface area contributed by atoms with Crippen LogP contribution in [0.15, 0.2) is 16.8 Å². The van der Waals surface area contributed by atoms with Gasteiger partial charge >= 0.3 is 0 Å². The molecule has 0 aliphatic heterocycles. The number of nitrogens with two attached hydrogens (primary N) is 1. The normalized spacial score (nSPS) is 13.1. The Morgan fingerprint density at radius 1 is 1.62 bits per heavy atom. The van der Waals surface area contributed by atoms with E-state index in [-0.39, 0.29) is 0 Å². The van der Waals surface area contributed by atoms with Gasteiger partial charge in [-0.3, -0.25) is 11.3 Å². The molecular weight excluding hydrogens is 180 g/mol. The van der Waals surface area contributed by atoms with Gasteiger partial charge in [0.15, 0.2) is 0 Å². The van der Waals surface area contributed by atoms with Crippen molar-refractivity contribution in [2.45, 2.75) is 38.6 Å². The summed E-state index contributed by atoms with van der Waals surface area (Å²) in [6.45, 7) is 2.21. The van der Waals surface area contributed by atoms with Crippen LogP contribution >= 0.6 is 11.3 Å². The van der Waals surface area contributed by atoms with Crippen molar-refractivity contribution in [2.75, 3.05) is 0 Å². The van der Waals surface area contributed by atoms with Gasteiger partial charge in [-0.05, 0) is 35.2 Å². The minimum atomic E-state index is 0.439. The van der Waals surface area contributed by atoms with E-state index in [1.165, 1.54) is 24.8 Å². The molecule has 0 bridgehead atoms. The van der Waals surface area contributed by atoms with Crippen molar-refractivity contribution >= 4 is 11.3 Å². The second-order valence-corrected chi connectivity index (χ2v) is 4.12. The van der Waals surface area contributed by atoms with Crippen LogP contribution in [0.2, 0.25) is 0 Å². The maximum Gasteiger partial charge on any atom is 0.0251 e. The van der Waals surface area contributed by atoms with Crippen molar-refractivity contribution < 1.29 is 0 Å². The number of rotatable bonds is 6. The van der Waals surface area contributed by atoms with Crippen LogP contribution in [0.4, 0.5) is 0 Å². The highest BCUT2D eigenvalue weighted by molar-refractivity contribution is 7.07. The molecule has 0 saturated carbocycles. The molecule has 0 aromatic carbocycles. The molecule has 1 aromatic rings. The highest BCUT2D eigenvalue weighted by Crippen LogP contribution is 2.11. The molecule has 3 heteroatoms. The van der Waals surface area contributed by atoms with Crippen molar-refractivity contribution in [1.82, 2.24) is 5.43 Å². The lowest BCUT2D eigenvalue weighted by Gasteiger charge is -2.14. The van der Waals surface area contributed by atoms with Crippen molar-refractivity contribution in [2.24, 2.45) is 5.84 Å². The van der Waals surface area contributed by atoms with Crippen molar-refractivity contribution in [1.29, 1.82) is 0 Å². The van der Waals surface area contributed by atoms with Gasteiger partial charge in [0.05, 0.1) is 0 Å². The third-order valence-corrected chi connectivity index (χ3v) is 2.94. The molecule has 0 aliphatic rings. The first-order valence-electron chi connectivity index (χ1n) is 4.84. The smallest absolute Gasteiger partial charge is 0.0251 e. The summed E-state index contributed by atoms with van der Waals surface area (Å²) >= 11 is 1.75. The predicted octanol–water partition coefficient (Wildman–Crippen LogP) is 2.31. The van der Waals surface area contributed by atoms with Gasteiger partial charge in [0.2, 0.25) is 0 Å². The van der Waals surface area contributed by atoms with Gasteiger partial charge in [0.25, 0.3) is 0 Å². The molecule has 1 aromatic heterocycles. The molecule has 1 heterocycles. The van der Waals surface area contributed by atoms with E-state index < -0.39 is 0 Å². The Morgan fingerprint density at radius 2 is 2.46 bits per heavy atom. The van der Waals surface area contributed by atoms with Gasteiger partial charge in [0.1, 0.15) is 0 Å². The molecule has 0 aliphatic carbocycles. The first-order valence-corrected chi connectivity index (χ1v) is 5.78. The van der Waals surface area contributed by atoms with Crippen LogP contribution in [-0.2, 0) is 6.42 Å². The van der Waals surface area contributed by atoms with Crippen molar-refractivity contribution in [3.63, 3.8) is 0 Å². The van der Waals surface area contributed by atoms with Crippen LogP contribution in [0.5, 0.6) is 0 Å². The zero-order valence-corrected chi connectivity index (χ0v) is 8.94. The number of hydrazine groups is 1. The lowest BCUT2D eigenvalue weighted by Crippen LogP contribution is -2.36. The number of nitrogens with one attached hydrogen (secondary N) is 1.